The molecule has 0 atom stereocenters. The molecule has 1 aromatic heterocycles. The monoisotopic (exact) mass is 231 g/mol. The second-order valence-electron chi connectivity index (χ2n) is 3.91. The molecule has 0 spiro atoms. The number of aromatic nitrogens is 1. The molecule has 0 radical (unpaired) electrons. The SMILES string of the molecule is CN(Cc1cc(N)ccn1)c1ccc(F)cc1. The summed E-state index contributed by atoms with van der Waals surface area (Å²) in [5, 5.41) is 0. The van der Waals surface area contributed by atoms with Crippen molar-refractivity contribution < 1.29 is 4.39 Å². The Labute approximate surface area is 99.7 Å². The minimum Gasteiger partial charge on any atom is -0.399 e. The Bertz CT molecular complexity index is 496. The van der Waals surface area contributed by atoms with Crippen LogP contribution in [-0.2, 0) is 6.54 Å². The first kappa shape index (κ1) is 11.4. The van der Waals surface area contributed by atoms with Crippen molar-refractivity contribution in [2.75, 3.05) is 17.7 Å². The smallest absolute Gasteiger partial charge is 0.123 e. The molecule has 0 saturated heterocycles. The van der Waals surface area contributed by atoms with Gasteiger partial charge >= 0.3 is 0 Å². The van der Waals surface area contributed by atoms with E-state index in [0.717, 1.165) is 11.4 Å². The Hall–Kier alpha value is -2.10. The standard InChI is InChI=1S/C13H14FN3/c1-17(13-4-2-10(14)3-5-13)9-12-8-11(15)6-7-16-12/h2-8H,9H2,1H3,(H2,15,16). The summed E-state index contributed by atoms with van der Waals surface area (Å²) < 4.78 is 12.8. The summed E-state index contributed by atoms with van der Waals surface area (Å²) in [5.41, 5.74) is 8.21. The Balaban J connectivity index is 2.11. The van der Waals surface area contributed by atoms with E-state index in [9.17, 15) is 4.39 Å². The lowest BCUT2D eigenvalue weighted by Crippen LogP contribution is -2.17. The predicted octanol–water partition coefficient (Wildman–Crippen LogP) is 2.44. The average Bonchev–Trinajstić information content (AvgIpc) is 2.29. The topological polar surface area (TPSA) is 42.1 Å². The number of hydrogen-bond donors (Lipinski definition) is 1. The maximum atomic E-state index is 12.8. The van der Waals surface area contributed by atoms with Crippen LogP contribution in [0.3, 0.4) is 0 Å². The van der Waals surface area contributed by atoms with E-state index in [1.807, 2.05) is 18.0 Å². The lowest BCUT2D eigenvalue weighted by molar-refractivity contribution is 0.627. The van der Waals surface area contributed by atoms with Crippen LogP contribution in [0.4, 0.5) is 15.8 Å². The molecular weight excluding hydrogens is 217 g/mol. The zero-order valence-electron chi connectivity index (χ0n) is 9.60. The second kappa shape index (κ2) is 4.82. The van der Waals surface area contributed by atoms with Gasteiger partial charge in [0.05, 0.1) is 12.2 Å². The van der Waals surface area contributed by atoms with Crippen molar-refractivity contribution in [3.05, 3.63) is 54.1 Å². The van der Waals surface area contributed by atoms with E-state index in [1.165, 1.54) is 12.1 Å². The number of anilines is 2. The molecule has 2 N–H and O–H groups in total. The first-order valence-electron chi connectivity index (χ1n) is 5.32. The summed E-state index contributed by atoms with van der Waals surface area (Å²) in [6, 6.07) is 9.95. The Morgan fingerprint density at radius 1 is 1.24 bits per heavy atom. The van der Waals surface area contributed by atoms with Gasteiger partial charge in [-0.15, -0.1) is 0 Å². The van der Waals surface area contributed by atoms with Crippen molar-refractivity contribution in [1.82, 2.24) is 4.98 Å². The Morgan fingerprint density at radius 2 is 1.94 bits per heavy atom. The van der Waals surface area contributed by atoms with Crippen LogP contribution in [0.2, 0.25) is 0 Å². The first-order valence-corrected chi connectivity index (χ1v) is 5.32. The molecule has 88 valence electrons. The first-order chi connectivity index (χ1) is 8.15. The number of rotatable bonds is 3. The fraction of sp³-hybridized carbons (Fsp3) is 0.154. The number of nitrogens with zero attached hydrogens (tertiary/aromatic N) is 2. The highest BCUT2D eigenvalue weighted by Gasteiger charge is 2.03. The molecule has 1 aromatic carbocycles. The molecule has 1 heterocycles. The summed E-state index contributed by atoms with van der Waals surface area (Å²) in [7, 11) is 1.93. The maximum absolute atomic E-state index is 12.8. The van der Waals surface area contributed by atoms with Crippen molar-refractivity contribution in [1.29, 1.82) is 0 Å². The fourth-order valence-electron chi connectivity index (χ4n) is 1.61. The number of benzene rings is 1. The van der Waals surface area contributed by atoms with Gasteiger partial charge in [-0.3, -0.25) is 4.98 Å². The van der Waals surface area contributed by atoms with Crippen molar-refractivity contribution in [3.63, 3.8) is 0 Å². The largest absolute Gasteiger partial charge is 0.399 e. The van der Waals surface area contributed by atoms with Crippen LogP contribution in [0.5, 0.6) is 0 Å². The zero-order chi connectivity index (χ0) is 12.3. The number of nitrogens with two attached hydrogens (primary N) is 1. The molecule has 2 aromatic rings. The number of halogens is 1. The van der Waals surface area contributed by atoms with Crippen LogP contribution >= 0.6 is 0 Å². The Kier molecular flexibility index (Phi) is 3.23. The molecule has 0 amide bonds. The number of pyridine rings is 1. The molecule has 0 saturated carbocycles. The van der Waals surface area contributed by atoms with Crippen LogP contribution in [0, 0.1) is 5.82 Å². The highest BCUT2D eigenvalue weighted by Crippen LogP contribution is 2.15. The van der Waals surface area contributed by atoms with E-state index < -0.39 is 0 Å². The van der Waals surface area contributed by atoms with Crippen molar-refractivity contribution in [3.8, 4) is 0 Å². The maximum Gasteiger partial charge on any atom is 0.123 e. The lowest BCUT2D eigenvalue weighted by atomic mass is 10.2. The number of nitrogen functional groups attached to an aromatic ring is 1. The van der Waals surface area contributed by atoms with E-state index in [2.05, 4.69) is 4.98 Å². The minimum absolute atomic E-state index is 0.232. The molecule has 3 nitrogen and oxygen atoms in total. The lowest BCUT2D eigenvalue weighted by Gasteiger charge is -2.18. The molecule has 17 heavy (non-hydrogen) atoms. The third-order valence-electron chi connectivity index (χ3n) is 2.51. The van der Waals surface area contributed by atoms with E-state index in [1.54, 1.807) is 24.4 Å². The van der Waals surface area contributed by atoms with E-state index in [-0.39, 0.29) is 5.82 Å². The summed E-state index contributed by atoms with van der Waals surface area (Å²) in [6.45, 7) is 0.636. The zero-order valence-corrected chi connectivity index (χ0v) is 9.60. The van der Waals surface area contributed by atoms with Gasteiger partial charge in [0.1, 0.15) is 5.82 Å². The third-order valence-corrected chi connectivity index (χ3v) is 2.51. The molecule has 4 heteroatoms. The van der Waals surface area contributed by atoms with Gasteiger partial charge in [-0.1, -0.05) is 0 Å². The van der Waals surface area contributed by atoms with Crippen molar-refractivity contribution in [2.24, 2.45) is 0 Å². The van der Waals surface area contributed by atoms with Crippen LogP contribution in [0.15, 0.2) is 42.6 Å². The second-order valence-corrected chi connectivity index (χ2v) is 3.91. The predicted molar refractivity (Wildman–Crippen MR) is 67.2 cm³/mol. The van der Waals surface area contributed by atoms with Crippen molar-refractivity contribution >= 4 is 11.4 Å². The molecule has 2 rings (SSSR count). The molecule has 0 bridgehead atoms. The van der Waals surface area contributed by atoms with Gasteiger partial charge in [-0.05, 0) is 36.4 Å². The van der Waals surface area contributed by atoms with Crippen LogP contribution in [0.25, 0.3) is 0 Å². The van der Waals surface area contributed by atoms with Gasteiger partial charge in [-0.25, -0.2) is 4.39 Å². The average molecular weight is 231 g/mol. The van der Waals surface area contributed by atoms with Gasteiger partial charge < -0.3 is 10.6 Å². The van der Waals surface area contributed by atoms with E-state index in [0.29, 0.717) is 12.2 Å². The fourth-order valence-corrected chi connectivity index (χ4v) is 1.61. The molecule has 0 aliphatic rings. The summed E-state index contributed by atoms with van der Waals surface area (Å²) in [6.07, 6.45) is 1.68. The third kappa shape index (κ3) is 2.93. The normalized spacial score (nSPS) is 10.2. The Morgan fingerprint density at radius 3 is 2.59 bits per heavy atom. The van der Waals surface area contributed by atoms with Crippen LogP contribution in [0.1, 0.15) is 5.69 Å². The van der Waals surface area contributed by atoms with Gasteiger partial charge in [-0.2, -0.15) is 0 Å². The molecular formula is C13H14FN3. The van der Waals surface area contributed by atoms with Gasteiger partial charge in [0.25, 0.3) is 0 Å². The van der Waals surface area contributed by atoms with Crippen LogP contribution in [-0.4, -0.2) is 12.0 Å². The number of hydrogen-bond acceptors (Lipinski definition) is 3. The van der Waals surface area contributed by atoms with E-state index >= 15 is 0 Å². The van der Waals surface area contributed by atoms with Crippen LogP contribution < -0.4 is 10.6 Å². The quantitative estimate of drug-likeness (QED) is 0.882. The summed E-state index contributed by atoms with van der Waals surface area (Å²) in [5.74, 6) is -0.232. The molecule has 0 aliphatic heterocycles. The highest BCUT2D eigenvalue weighted by molar-refractivity contribution is 5.46. The van der Waals surface area contributed by atoms with Gasteiger partial charge in [0.15, 0.2) is 0 Å². The summed E-state index contributed by atoms with van der Waals surface area (Å²) >= 11 is 0. The summed E-state index contributed by atoms with van der Waals surface area (Å²) in [4.78, 5) is 6.21. The highest BCUT2D eigenvalue weighted by atomic mass is 19.1. The molecule has 0 unspecified atom stereocenters. The van der Waals surface area contributed by atoms with Gasteiger partial charge in [0, 0.05) is 24.6 Å². The van der Waals surface area contributed by atoms with Gasteiger partial charge in [0.2, 0.25) is 0 Å². The minimum atomic E-state index is -0.232. The molecule has 0 aliphatic carbocycles. The van der Waals surface area contributed by atoms with E-state index in [4.69, 9.17) is 5.73 Å². The molecule has 0 fully saturated rings. The van der Waals surface area contributed by atoms with Crippen molar-refractivity contribution in [2.45, 2.75) is 6.54 Å².